The monoisotopic (exact) mass is 412 g/mol. The van der Waals surface area contributed by atoms with Gasteiger partial charge >= 0.3 is 0 Å². The third-order valence-electron chi connectivity index (χ3n) is 5.04. The number of benzene rings is 2. The Kier molecular flexibility index (Phi) is 5.76. The van der Waals surface area contributed by atoms with Crippen LogP contribution in [-0.4, -0.2) is 42.0 Å². The van der Waals surface area contributed by atoms with Gasteiger partial charge in [0.15, 0.2) is 0 Å². The second-order valence-corrected chi connectivity index (χ2v) is 7.10. The fourth-order valence-corrected chi connectivity index (χ4v) is 3.58. The number of nitrogens with one attached hydrogen (secondary N) is 1. The van der Waals surface area contributed by atoms with Crippen molar-refractivity contribution in [3.8, 4) is 11.3 Å². The number of halogens is 2. The molecule has 156 valence electrons. The summed E-state index contributed by atoms with van der Waals surface area (Å²) in [6.07, 6.45) is 1.53. The van der Waals surface area contributed by atoms with E-state index >= 15 is 0 Å². The molecule has 1 N–H and O–H groups in total. The van der Waals surface area contributed by atoms with E-state index in [4.69, 9.17) is 4.74 Å². The van der Waals surface area contributed by atoms with Crippen LogP contribution in [-0.2, 0) is 18.3 Å². The zero-order valence-corrected chi connectivity index (χ0v) is 16.6. The van der Waals surface area contributed by atoms with Gasteiger partial charge in [0, 0.05) is 50.2 Å². The van der Waals surface area contributed by atoms with E-state index < -0.39 is 11.6 Å². The van der Waals surface area contributed by atoms with Crippen molar-refractivity contribution in [3.63, 3.8) is 0 Å². The van der Waals surface area contributed by atoms with Crippen molar-refractivity contribution in [1.29, 1.82) is 0 Å². The molecule has 8 heteroatoms. The number of amides is 1. The van der Waals surface area contributed by atoms with Crippen LogP contribution in [0, 0.1) is 11.6 Å². The Balaban J connectivity index is 1.55. The normalized spacial score (nSPS) is 14.0. The van der Waals surface area contributed by atoms with Crippen molar-refractivity contribution in [3.05, 3.63) is 71.4 Å². The van der Waals surface area contributed by atoms with Crippen LogP contribution in [0.3, 0.4) is 0 Å². The Bertz CT molecular complexity index is 1060. The minimum Gasteiger partial charge on any atom is -0.378 e. The average Bonchev–Trinajstić information content (AvgIpc) is 3.14. The topological polar surface area (TPSA) is 59.4 Å². The summed E-state index contributed by atoms with van der Waals surface area (Å²) in [5.74, 6) is -1.82. The highest BCUT2D eigenvalue weighted by molar-refractivity contribution is 5.99. The molecular weight excluding hydrogens is 390 g/mol. The first-order valence-corrected chi connectivity index (χ1v) is 9.71. The number of morpholine rings is 1. The molecule has 6 nitrogen and oxygen atoms in total. The maximum Gasteiger partial charge on any atom is 0.255 e. The molecular formula is C22H22F2N4O2. The van der Waals surface area contributed by atoms with Gasteiger partial charge in [0.25, 0.3) is 5.91 Å². The fraction of sp³-hybridized carbons (Fsp3) is 0.273. The zero-order chi connectivity index (χ0) is 21.1. The number of aromatic nitrogens is 2. The molecule has 1 fully saturated rings. The molecule has 0 atom stereocenters. The minimum atomic E-state index is -0.764. The Morgan fingerprint density at radius 3 is 2.70 bits per heavy atom. The average molecular weight is 412 g/mol. The number of ether oxygens (including phenoxy) is 1. The van der Waals surface area contributed by atoms with Crippen LogP contribution >= 0.6 is 0 Å². The van der Waals surface area contributed by atoms with Crippen molar-refractivity contribution >= 4 is 11.6 Å². The van der Waals surface area contributed by atoms with E-state index in [2.05, 4.69) is 15.3 Å². The Morgan fingerprint density at radius 2 is 1.93 bits per heavy atom. The van der Waals surface area contributed by atoms with Crippen LogP contribution in [0.1, 0.15) is 15.9 Å². The third kappa shape index (κ3) is 4.18. The number of para-hydroxylation sites is 1. The first kappa shape index (κ1) is 20.0. The highest BCUT2D eigenvalue weighted by Crippen LogP contribution is 2.26. The molecule has 0 radical (unpaired) electrons. The quantitative estimate of drug-likeness (QED) is 0.700. The number of anilines is 1. The number of hydrogen-bond donors (Lipinski definition) is 1. The summed E-state index contributed by atoms with van der Waals surface area (Å²) in [5.41, 5.74) is 2.51. The third-order valence-corrected chi connectivity index (χ3v) is 5.04. The lowest BCUT2D eigenvalue weighted by Gasteiger charge is -2.30. The summed E-state index contributed by atoms with van der Waals surface area (Å²) in [6.45, 7) is 3.24. The van der Waals surface area contributed by atoms with Gasteiger partial charge in [-0.2, -0.15) is 5.10 Å². The second-order valence-electron chi connectivity index (χ2n) is 7.10. The summed E-state index contributed by atoms with van der Waals surface area (Å²) in [5, 5.41) is 7.11. The van der Waals surface area contributed by atoms with Crippen molar-refractivity contribution in [2.45, 2.75) is 6.54 Å². The molecule has 0 bridgehead atoms. The van der Waals surface area contributed by atoms with Gasteiger partial charge in [-0.25, -0.2) is 8.78 Å². The van der Waals surface area contributed by atoms with E-state index in [1.807, 2.05) is 24.3 Å². The van der Waals surface area contributed by atoms with Gasteiger partial charge in [0.1, 0.15) is 17.3 Å². The van der Waals surface area contributed by atoms with Gasteiger partial charge in [-0.3, -0.25) is 9.48 Å². The Labute approximate surface area is 173 Å². The zero-order valence-electron chi connectivity index (χ0n) is 16.6. The molecule has 0 saturated carbocycles. The lowest BCUT2D eigenvalue weighted by molar-refractivity contribution is 0.0951. The maximum absolute atomic E-state index is 14.3. The molecule has 2 aromatic carbocycles. The van der Waals surface area contributed by atoms with E-state index in [1.165, 1.54) is 16.9 Å². The van der Waals surface area contributed by atoms with Gasteiger partial charge in [-0.15, -0.1) is 0 Å². The van der Waals surface area contributed by atoms with Crippen LogP contribution in [0.4, 0.5) is 14.5 Å². The second kappa shape index (κ2) is 8.62. The standard InChI is InChI=1S/C22H22F2N4O2/c1-27-14-18(21(26-27)17-7-6-16(23)12-19(17)24)22(29)25-13-15-4-2-3-5-20(15)28-8-10-30-11-9-28/h2-7,12,14H,8-11,13H2,1H3,(H,25,29). The highest BCUT2D eigenvalue weighted by Gasteiger charge is 2.21. The number of aryl methyl sites for hydroxylation is 1. The Morgan fingerprint density at radius 1 is 1.17 bits per heavy atom. The molecule has 1 amide bonds. The molecule has 30 heavy (non-hydrogen) atoms. The summed E-state index contributed by atoms with van der Waals surface area (Å²) in [7, 11) is 1.65. The van der Waals surface area contributed by atoms with Crippen LogP contribution in [0.25, 0.3) is 11.3 Å². The molecule has 0 spiro atoms. The van der Waals surface area contributed by atoms with Gasteiger partial charge in [0.05, 0.1) is 18.8 Å². The molecule has 1 aliphatic rings. The van der Waals surface area contributed by atoms with E-state index in [0.29, 0.717) is 19.8 Å². The van der Waals surface area contributed by atoms with E-state index in [1.54, 1.807) is 7.05 Å². The molecule has 1 saturated heterocycles. The molecule has 0 aliphatic carbocycles. The minimum absolute atomic E-state index is 0.0795. The summed E-state index contributed by atoms with van der Waals surface area (Å²) >= 11 is 0. The summed E-state index contributed by atoms with van der Waals surface area (Å²) in [4.78, 5) is 15.1. The molecule has 2 heterocycles. The summed E-state index contributed by atoms with van der Waals surface area (Å²) in [6, 6.07) is 11.1. The van der Waals surface area contributed by atoms with Crippen molar-refractivity contribution in [1.82, 2.24) is 15.1 Å². The predicted molar refractivity (Wildman–Crippen MR) is 109 cm³/mol. The van der Waals surface area contributed by atoms with Crippen LogP contribution in [0.2, 0.25) is 0 Å². The molecule has 0 unspecified atom stereocenters. The van der Waals surface area contributed by atoms with Gasteiger partial charge in [-0.05, 0) is 23.8 Å². The van der Waals surface area contributed by atoms with Gasteiger partial charge < -0.3 is 15.0 Å². The predicted octanol–water partition coefficient (Wildman–Crippen LogP) is 3.13. The van der Waals surface area contributed by atoms with Crippen LogP contribution in [0.5, 0.6) is 0 Å². The SMILES string of the molecule is Cn1cc(C(=O)NCc2ccccc2N2CCOCC2)c(-c2ccc(F)cc2F)n1. The van der Waals surface area contributed by atoms with Gasteiger partial charge in [-0.1, -0.05) is 18.2 Å². The molecule has 1 aliphatic heterocycles. The van der Waals surface area contributed by atoms with Crippen LogP contribution < -0.4 is 10.2 Å². The van der Waals surface area contributed by atoms with Crippen LogP contribution in [0.15, 0.2) is 48.7 Å². The molecule has 4 rings (SSSR count). The van der Waals surface area contributed by atoms with E-state index in [9.17, 15) is 13.6 Å². The number of carbonyl (C=O) groups is 1. The van der Waals surface area contributed by atoms with Crippen molar-refractivity contribution in [2.75, 3.05) is 31.2 Å². The van der Waals surface area contributed by atoms with Crippen molar-refractivity contribution < 1.29 is 18.3 Å². The lowest BCUT2D eigenvalue weighted by Crippen LogP contribution is -2.37. The molecule has 1 aromatic heterocycles. The number of hydrogen-bond acceptors (Lipinski definition) is 4. The first-order chi connectivity index (χ1) is 14.5. The Hall–Kier alpha value is -3.26. The highest BCUT2D eigenvalue weighted by atomic mass is 19.1. The van der Waals surface area contributed by atoms with Crippen molar-refractivity contribution in [2.24, 2.45) is 7.05 Å². The maximum atomic E-state index is 14.3. The fourth-order valence-electron chi connectivity index (χ4n) is 3.58. The van der Waals surface area contributed by atoms with E-state index in [-0.39, 0.29) is 22.7 Å². The largest absolute Gasteiger partial charge is 0.378 e. The lowest BCUT2D eigenvalue weighted by atomic mass is 10.1. The smallest absolute Gasteiger partial charge is 0.255 e. The molecule has 3 aromatic rings. The number of rotatable bonds is 5. The number of nitrogens with zero attached hydrogens (tertiary/aromatic N) is 3. The first-order valence-electron chi connectivity index (χ1n) is 9.71. The van der Waals surface area contributed by atoms with E-state index in [0.717, 1.165) is 36.5 Å². The van der Waals surface area contributed by atoms with Gasteiger partial charge in [0.2, 0.25) is 0 Å². The summed E-state index contributed by atoms with van der Waals surface area (Å²) < 4.78 is 34.4. The number of carbonyl (C=O) groups excluding carboxylic acids is 1.